The van der Waals surface area contributed by atoms with E-state index < -0.39 is 5.54 Å². The first kappa shape index (κ1) is 22.4. The number of furan rings is 1. The first-order valence-corrected chi connectivity index (χ1v) is 12.5. The zero-order valence-electron chi connectivity index (χ0n) is 19.3. The van der Waals surface area contributed by atoms with Gasteiger partial charge in [0.1, 0.15) is 23.1 Å². The maximum absolute atomic E-state index is 13.5. The third-order valence-electron chi connectivity index (χ3n) is 7.68. The predicted molar refractivity (Wildman–Crippen MR) is 120 cm³/mol. The van der Waals surface area contributed by atoms with Crippen molar-refractivity contribution in [3.05, 3.63) is 23.7 Å². The number of piperidine rings is 1. The van der Waals surface area contributed by atoms with Crippen molar-refractivity contribution in [1.29, 1.82) is 0 Å². The van der Waals surface area contributed by atoms with Crippen LogP contribution in [0.1, 0.15) is 83.2 Å². The number of piperazine rings is 1. The monoisotopic (exact) mass is 429 g/mol. The van der Waals surface area contributed by atoms with Gasteiger partial charge in [0.15, 0.2) is 0 Å². The highest BCUT2D eigenvalue weighted by molar-refractivity contribution is 6.00. The number of carbonyl (C=O) groups is 2. The van der Waals surface area contributed by atoms with Crippen molar-refractivity contribution in [1.82, 2.24) is 15.1 Å². The van der Waals surface area contributed by atoms with Gasteiger partial charge >= 0.3 is 0 Å². The molecular weight excluding hydrogens is 390 g/mol. The second-order valence-corrected chi connectivity index (χ2v) is 9.78. The number of carbonyl (C=O) groups excluding carboxylic acids is 2. The Morgan fingerprint density at radius 1 is 1.06 bits per heavy atom. The zero-order valence-corrected chi connectivity index (χ0v) is 19.3. The summed E-state index contributed by atoms with van der Waals surface area (Å²) in [6.07, 6.45) is 10.2. The molecule has 1 saturated carbocycles. The number of nitrogens with zero attached hydrogens (tertiary/aromatic N) is 2. The number of hydrogen-bond acceptors (Lipinski definition) is 4. The van der Waals surface area contributed by atoms with E-state index in [0.29, 0.717) is 25.3 Å². The standard InChI is InChI=1S/C25H39N3O3/c1-3-14-28-23(29)22(17-19-8-6-5-7-9-19)26-24(30)25(28)12-15-27(16-13-25)18-21-11-10-20(4-2)31-21/h10-11,19,22H,3-9,12-18H2,1-2H3,(H,26,30). The Balaban J connectivity index is 1.42. The Bertz CT molecular complexity index is 760. The van der Waals surface area contributed by atoms with Crippen molar-refractivity contribution >= 4 is 11.8 Å². The molecule has 0 aromatic carbocycles. The lowest BCUT2D eigenvalue weighted by Gasteiger charge is -2.52. The highest BCUT2D eigenvalue weighted by Crippen LogP contribution is 2.36. The molecule has 3 heterocycles. The van der Waals surface area contributed by atoms with E-state index in [-0.39, 0.29) is 17.9 Å². The van der Waals surface area contributed by atoms with E-state index in [0.717, 1.165) is 50.4 Å². The van der Waals surface area contributed by atoms with Gasteiger partial charge in [-0.2, -0.15) is 0 Å². The van der Waals surface area contributed by atoms with Crippen molar-refractivity contribution in [2.45, 2.75) is 96.2 Å². The van der Waals surface area contributed by atoms with Gasteiger partial charge in [0.25, 0.3) is 0 Å². The topological polar surface area (TPSA) is 65.8 Å². The Hall–Kier alpha value is -1.82. The lowest BCUT2D eigenvalue weighted by molar-refractivity contribution is -0.162. The van der Waals surface area contributed by atoms with Gasteiger partial charge in [0, 0.05) is 26.1 Å². The molecule has 1 spiro atoms. The molecule has 1 aromatic heterocycles. The Kier molecular flexibility index (Phi) is 7.05. The van der Waals surface area contributed by atoms with E-state index in [9.17, 15) is 9.59 Å². The second-order valence-electron chi connectivity index (χ2n) is 9.78. The molecule has 6 nitrogen and oxygen atoms in total. The molecule has 0 radical (unpaired) electrons. The summed E-state index contributed by atoms with van der Waals surface area (Å²) >= 11 is 0. The third-order valence-corrected chi connectivity index (χ3v) is 7.68. The maximum atomic E-state index is 13.5. The average molecular weight is 430 g/mol. The van der Waals surface area contributed by atoms with Gasteiger partial charge in [0.05, 0.1) is 6.54 Å². The first-order valence-electron chi connectivity index (χ1n) is 12.5. The molecule has 172 valence electrons. The minimum atomic E-state index is -0.676. The van der Waals surface area contributed by atoms with Gasteiger partial charge in [-0.05, 0) is 43.7 Å². The fraction of sp³-hybridized carbons (Fsp3) is 0.760. The lowest BCUT2D eigenvalue weighted by Crippen LogP contribution is -2.73. The average Bonchev–Trinajstić information content (AvgIpc) is 3.25. The van der Waals surface area contributed by atoms with Crippen molar-refractivity contribution in [3.63, 3.8) is 0 Å². The summed E-state index contributed by atoms with van der Waals surface area (Å²) in [5.41, 5.74) is -0.676. The van der Waals surface area contributed by atoms with Crippen LogP contribution in [0, 0.1) is 5.92 Å². The molecule has 3 aliphatic rings. The Morgan fingerprint density at radius 3 is 2.42 bits per heavy atom. The summed E-state index contributed by atoms with van der Waals surface area (Å²) in [4.78, 5) is 31.2. The predicted octanol–water partition coefficient (Wildman–Crippen LogP) is 3.88. The molecule has 1 aliphatic carbocycles. The smallest absolute Gasteiger partial charge is 0.246 e. The number of amides is 2. The Morgan fingerprint density at radius 2 is 1.77 bits per heavy atom. The lowest BCUT2D eigenvalue weighted by atomic mass is 9.79. The van der Waals surface area contributed by atoms with Crippen LogP contribution < -0.4 is 5.32 Å². The van der Waals surface area contributed by atoms with Crippen LogP contribution >= 0.6 is 0 Å². The fourth-order valence-corrected chi connectivity index (χ4v) is 5.84. The quantitative estimate of drug-likeness (QED) is 0.714. The summed E-state index contributed by atoms with van der Waals surface area (Å²) in [5, 5.41) is 3.17. The number of rotatable bonds is 7. The summed E-state index contributed by atoms with van der Waals surface area (Å²) < 4.78 is 5.87. The van der Waals surface area contributed by atoms with Crippen LogP contribution in [-0.4, -0.2) is 52.8 Å². The van der Waals surface area contributed by atoms with Crippen molar-refractivity contribution in [3.8, 4) is 0 Å². The maximum Gasteiger partial charge on any atom is 0.246 e. The molecule has 1 N–H and O–H groups in total. The van der Waals surface area contributed by atoms with Gasteiger partial charge in [-0.15, -0.1) is 0 Å². The Labute approximate surface area is 186 Å². The summed E-state index contributed by atoms with van der Waals surface area (Å²) in [7, 11) is 0. The van der Waals surface area contributed by atoms with Crippen molar-refractivity contribution in [2.75, 3.05) is 19.6 Å². The van der Waals surface area contributed by atoms with Crippen molar-refractivity contribution < 1.29 is 14.0 Å². The number of hydrogen-bond donors (Lipinski definition) is 1. The second kappa shape index (κ2) is 9.76. The van der Waals surface area contributed by atoms with E-state index in [1.165, 1.54) is 32.1 Å². The van der Waals surface area contributed by atoms with Crippen LogP contribution in [0.4, 0.5) is 0 Å². The van der Waals surface area contributed by atoms with Gasteiger partial charge < -0.3 is 14.6 Å². The molecule has 0 bridgehead atoms. The highest BCUT2D eigenvalue weighted by atomic mass is 16.3. The van der Waals surface area contributed by atoms with E-state index in [4.69, 9.17) is 4.42 Å². The summed E-state index contributed by atoms with van der Waals surface area (Å²) in [6.45, 7) is 7.23. The molecule has 3 fully saturated rings. The molecular formula is C25H39N3O3. The molecule has 6 heteroatoms. The van der Waals surface area contributed by atoms with E-state index >= 15 is 0 Å². The summed E-state index contributed by atoms with van der Waals surface area (Å²) in [5.74, 6) is 2.80. The van der Waals surface area contributed by atoms with Crippen LogP contribution in [0.15, 0.2) is 16.5 Å². The van der Waals surface area contributed by atoms with Gasteiger partial charge in [-0.1, -0.05) is 46.0 Å². The zero-order chi connectivity index (χ0) is 21.8. The normalized spacial score (nSPS) is 25.2. The van der Waals surface area contributed by atoms with Crippen molar-refractivity contribution in [2.24, 2.45) is 5.92 Å². The van der Waals surface area contributed by atoms with Crippen LogP contribution in [0.25, 0.3) is 0 Å². The minimum Gasteiger partial charge on any atom is -0.465 e. The number of nitrogens with one attached hydrogen (secondary N) is 1. The van der Waals surface area contributed by atoms with Gasteiger partial charge in [0.2, 0.25) is 11.8 Å². The molecule has 2 saturated heterocycles. The van der Waals surface area contributed by atoms with E-state index in [1.807, 2.05) is 11.0 Å². The van der Waals surface area contributed by atoms with Crippen LogP contribution in [0.3, 0.4) is 0 Å². The molecule has 31 heavy (non-hydrogen) atoms. The van der Waals surface area contributed by atoms with E-state index in [2.05, 4.69) is 30.1 Å². The van der Waals surface area contributed by atoms with Crippen LogP contribution in [0.2, 0.25) is 0 Å². The van der Waals surface area contributed by atoms with Crippen LogP contribution in [-0.2, 0) is 22.6 Å². The summed E-state index contributed by atoms with van der Waals surface area (Å²) in [6, 6.07) is 3.77. The van der Waals surface area contributed by atoms with Gasteiger partial charge in [-0.25, -0.2) is 0 Å². The number of aryl methyl sites for hydroxylation is 1. The largest absolute Gasteiger partial charge is 0.465 e. The van der Waals surface area contributed by atoms with Gasteiger partial charge in [-0.3, -0.25) is 14.5 Å². The molecule has 1 aromatic rings. The molecule has 1 unspecified atom stereocenters. The van der Waals surface area contributed by atoms with E-state index in [1.54, 1.807) is 0 Å². The first-order chi connectivity index (χ1) is 15.1. The SMILES string of the molecule is CCCN1C(=O)C(CC2CCCCC2)NC(=O)C12CCN(Cc1ccc(CC)o1)CC2. The molecule has 4 rings (SSSR count). The third kappa shape index (κ3) is 4.69. The molecule has 2 aliphatic heterocycles. The number of likely N-dealkylation sites (tertiary alicyclic amines) is 1. The highest BCUT2D eigenvalue weighted by Gasteiger charge is 2.53. The molecule has 1 atom stereocenters. The van der Waals surface area contributed by atoms with Crippen LogP contribution in [0.5, 0.6) is 0 Å². The molecule has 2 amide bonds. The minimum absolute atomic E-state index is 0.0762. The fourth-order valence-electron chi connectivity index (χ4n) is 5.84.